The zero-order chi connectivity index (χ0) is 14.8. The monoisotopic (exact) mass is 371 g/mol. The average molecular weight is 372 g/mol. The normalized spacial score (nSPS) is 12.5. The predicted octanol–water partition coefficient (Wildman–Crippen LogP) is 1.35. The van der Waals surface area contributed by atoms with Gasteiger partial charge in [-0.1, -0.05) is 0 Å². The van der Waals surface area contributed by atoms with E-state index in [1.165, 1.54) is 27.0 Å². The Balaban J connectivity index is 3.02. The van der Waals surface area contributed by atoms with Crippen LogP contribution in [0.2, 0.25) is 0 Å². The Morgan fingerprint density at radius 2 is 2.16 bits per heavy atom. The summed E-state index contributed by atoms with van der Waals surface area (Å²) in [5.41, 5.74) is -1.17. The number of hydrogen-bond donors (Lipinski definition) is 2. The molecule has 0 saturated carbocycles. The van der Waals surface area contributed by atoms with Crippen molar-refractivity contribution < 1.29 is 23.1 Å². The van der Waals surface area contributed by atoms with Crippen LogP contribution in [0.4, 0.5) is 0 Å². The highest BCUT2D eigenvalue weighted by Crippen LogP contribution is 2.32. The van der Waals surface area contributed by atoms with Crippen molar-refractivity contribution in [2.24, 2.45) is 0 Å². The molecule has 1 aromatic heterocycles. The van der Waals surface area contributed by atoms with Crippen molar-refractivity contribution in [3.8, 4) is 0 Å². The molecule has 0 aliphatic carbocycles. The number of ether oxygens (including phenoxy) is 1. The molecule has 108 valence electrons. The Labute approximate surface area is 124 Å². The number of carbonyl (C=O) groups is 1. The summed E-state index contributed by atoms with van der Waals surface area (Å²) in [6, 6.07) is 1.23. The first kappa shape index (κ1) is 16.6. The molecule has 0 saturated heterocycles. The molecule has 0 unspecified atom stereocenters. The Kier molecular flexibility index (Phi) is 5.13. The number of thiophene rings is 1. The number of esters is 1. The van der Waals surface area contributed by atoms with Crippen LogP contribution in [0.15, 0.2) is 14.7 Å². The number of hydrogen-bond acceptors (Lipinski definition) is 6. The van der Waals surface area contributed by atoms with Gasteiger partial charge >= 0.3 is 5.97 Å². The lowest BCUT2D eigenvalue weighted by Gasteiger charge is -2.17. The fourth-order valence-corrected chi connectivity index (χ4v) is 4.77. The van der Waals surface area contributed by atoms with Crippen LogP contribution >= 0.6 is 27.3 Å². The van der Waals surface area contributed by atoms with Crippen LogP contribution in [0.3, 0.4) is 0 Å². The van der Waals surface area contributed by atoms with Gasteiger partial charge in [-0.15, -0.1) is 11.3 Å². The zero-order valence-corrected chi connectivity index (χ0v) is 13.8. The Morgan fingerprint density at radius 3 is 2.63 bits per heavy atom. The second-order valence-corrected chi connectivity index (χ2v) is 8.48. The molecular weight excluding hydrogens is 358 g/mol. The minimum Gasteiger partial charge on any atom is -0.465 e. The first-order valence-corrected chi connectivity index (χ1v) is 8.26. The van der Waals surface area contributed by atoms with E-state index >= 15 is 0 Å². The zero-order valence-electron chi connectivity index (χ0n) is 10.6. The molecule has 0 bridgehead atoms. The number of halogens is 1. The van der Waals surface area contributed by atoms with Crippen LogP contribution < -0.4 is 4.72 Å². The highest BCUT2D eigenvalue weighted by Gasteiger charge is 2.25. The van der Waals surface area contributed by atoms with Crippen LogP contribution in [0.25, 0.3) is 0 Å². The SMILES string of the molecule is COC(=O)c1cc(S(=O)(=O)NCC(C)(C)O)c(Br)s1. The number of aliphatic hydroxyl groups is 1. The highest BCUT2D eigenvalue weighted by atomic mass is 79.9. The lowest BCUT2D eigenvalue weighted by Crippen LogP contribution is -2.38. The maximum absolute atomic E-state index is 12.0. The lowest BCUT2D eigenvalue weighted by molar-refractivity contribution is 0.0606. The predicted molar refractivity (Wildman–Crippen MR) is 74.8 cm³/mol. The number of sulfonamides is 1. The summed E-state index contributed by atoms with van der Waals surface area (Å²) >= 11 is 4.07. The standard InChI is InChI=1S/C10H14BrNO5S2/c1-10(2,14)5-12-19(15,16)7-4-6(9(13)17-3)18-8(7)11/h4,12,14H,5H2,1-3H3. The molecule has 1 rings (SSSR count). The minimum absolute atomic E-state index is 0.0536. The summed E-state index contributed by atoms with van der Waals surface area (Å²) in [6.07, 6.45) is 0. The maximum Gasteiger partial charge on any atom is 0.348 e. The van der Waals surface area contributed by atoms with E-state index in [1.54, 1.807) is 0 Å². The topological polar surface area (TPSA) is 92.7 Å². The molecule has 0 aliphatic heterocycles. The van der Waals surface area contributed by atoms with E-state index in [4.69, 9.17) is 0 Å². The molecule has 0 aliphatic rings. The van der Waals surface area contributed by atoms with Gasteiger partial charge in [0, 0.05) is 6.54 Å². The molecule has 0 fully saturated rings. The van der Waals surface area contributed by atoms with Gasteiger partial charge in [-0.05, 0) is 35.8 Å². The molecule has 9 heteroatoms. The summed E-state index contributed by atoms with van der Waals surface area (Å²) in [5, 5.41) is 9.52. The molecule has 1 aromatic rings. The van der Waals surface area contributed by atoms with Crippen molar-refractivity contribution in [2.75, 3.05) is 13.7 Å². The van der Waals surface area contributed by atoms with Gasteiger partial charge < -0.3 is 9.84 Å². The Hall–Kier alpha value is -0.480. The number of methoxy groups -OCH3 is 1. The van der Waals surface area contributed by atoms with Crippen molar-refractivity contribution in [3.63, 3.8) is 0 Å². The first-order chi connectivity index (χ1) is 8.57. The second-order valence-electron chi connectivity index (χ2n) is 4.38. The molecule has 2 N–H and O–H groups in total. The van der Waals surface area contributed by atoms with Gasteiger partial charge in [0.1, 0.15) is 9.77 Å². The van der Waals surface area contributed by atoms with E-state index in [1.807, 2.05) is 0 Å². The number of nitrogens with one attached hydrogen (secondary N) is 1. The summed E-state index contributed by atoms with van der Waals surface area (Å²) in [6.45, 7) is 2.83. The summed E-state index contributed by atoms with van der Waals surface area (Å²) in [7, 11) is -2.58. The van der Waals surface area contributed by atoms with Gasteiger partial charge in [-0.3, -0.25) is 0 Å². The number of carbonyl (C=O) groups excluding carboxylic acids is 1. The van der Waals surface area contributed by atoms with Gasteiger partial charge in [0.2, 0.25) is 10.0 Å². The van der Waals surface area contributed by atoms with Gasteiger partial charge in [0.15, 0.2) is 0 Å². The second kappa shape index (κ2) is 5.88. The third-order valence-corrected chi connectivity index (χ3v) is 5.66. The third kappa shape index (κ3) is 4.53. The molecule has 0 amide bonds. The molecule has 6 nitrogen and oxygen atoms in total. The molecular formula is C10H14BrNO5S2. The van der Waals surface area contributed by atoms with Gasteiger partial charge in [0.05, 0.1) is 16.5 Å². The lowest BCUT2D eigenvalue weighted by atomic mass is 10.1. The number of rotatable bonds is 5. The fraction of sp³-hybridized carbons (Fsp3) is 0.500. The Bertz CT molecular complexity index is 573. The first-order valence-electron chi connectivity index (χ1n) is 5.16. The molecule has 19 heavy (non-hydrogen) atoms. The maximum atomic E-state index is 12.0. The Morgan fingerprint density at radius 1 is 1.58 bits per heavy atom. The van der Waals surface area contributed by atoms with Crippen LogP contribution in [-0.4, -0.2) is 38.7 Å². The van der Waals surface area contributed by atoms with Gasteiger partial charge in [-0.2, -0.15) is 0 Å². The highest BCUT2D eigenvalue weighted by molar-refractivity contribution is 9.11. The van der Waals surface area contributed by atoms with E-state index in [9.17, 15) is 18.3 Å². The molecule has 0 radical (unpaired) electrons. The summed E-state index contributed by atoms with van der Waals surface area (Å²) < 4.78 is 31.2. The van der Waals surface area contributed by atoms with Gasteiger partial charge in [-0.25, -0.2) is 17.9 Å². The average Bonchev–Trinajstić information content (AvgIpc) is 2.68. The third-order valence-electron chi connectivity index (χ3n) is 2.03. The van der Waals surface area contributed by atoms with E-state index in [2.05, 4.69) is 25.4 Å². The van der Waals surface area contributed by atoms with E-state index in [-0.39, 0.29) is 16.3 Å². The van der Waals surface area contributed by atoms with Crippen molar-refractivity contribution in [2.45, 2.75) is 24.3 Å². The molecule has 0 spiro atoms. The molecule has 0 aromatic carbocycles. The van der Waals surface area contributed by atoms with Crippen LogP contribution in [0.1, 0.15) is 23.5 Å². The van der Waals surface area contributed by atoms with Crippen LogP contribution in [0, 0.1) is 0 Å². The summed E-state index contributed by atoms with van der Waals surface area (Å²) in [5.74, 6) is -0.602. The van der Waals surface area contributed by atoms with E-state index in [0.717, 1.165) is 11.3 Å². The van der Waals surface area contributed by atoms with Crippen molar-refractivity contribution in [1.82, 2.24) is 4.72 Å². The largest absolute Gasteiger partial charge is 0.465 e. The quantitative estimate of drug-likeness (QED) is 0.762. The molecule has 0 atom stereocenters. The minimum atomic E-state index is -3.80. The van der Waals surface area contributed by atoms with Crippen molar-refractivity contribution in [3.05, 3.63) is 14.7 Å². The smallest absolute Gasteiger partial charge is 0.348 e. The van der Waals surface area contributed by atoms with Crippen LogP contribution in [0.5, 0.6) is 0 Å². The fourth-order valence-electron chi connectivity index (χ4n) is 1.09. The van der Waals surface area contributed by atoms with E-state index < -0.39 is 21.6 Å². The van der Waals surface area contributed by atoms with Crippen molar-refractivity contribution >= 4 is 43.3 Å². The van der Waals surface area contributed by atoms with Gasteiger partial charge in [0.25, 0.3) is 0 Å². The van der Waals surface area contributed by atoms with E-state index in [0.29, 0.717) is 3.79 Å². The molecule has 1 heterocycles. The van der Waals surface area contributed by atoms with Crippen molar-refractivity contribution in [1.29, 1.82) is 0 Å². The summed E-state index contributed by atoms with van der Waals surface area (Å²) in [4.78, 5) is 11.5. The van der Waals surface area contributed by atoms with Crippen LogP contribution in [-0.2, 0) is 14.8 Å².